The summed E-state index contributed by atoms with van der Waals surface area (Å²) in [4.78, 5) is 14.1. The molecule has 88 valence electrons. The first-order valence-electron chi connectivity index (χ1n) is 5.63. The van der Waals surface area contributed by atoms with Gasteiger partial charge in [-0.15, -0.1) is 11.3 Å². The van der Waals surface area contributed by atoms with Gasteiger partial charge in [0.15, 0.2) is 5.82 Å². The van der Waals surface area contributed by atoms with Crippen molar-refractivity contribution in [1.82, 2.24) is 15.0 Å². The minimum absolute atomic E-state index is 0.749. The molecule has 3 nitrogen and oxygen atoms in total. The molecule has 0 atom stereocenters. The van der Waals surface area contributed by atoms with E-state index in [0.717, 1.165) is 22.0 Å². The number of thiazole rings is 1. The molecule has 0 amide bonds. The Morgan fingerprint density at radius 3 is 2.17 bits per heavy atom. The number of aryl methyl sites for hydroxylation is 1. The van der Waals surface area contributed by atoms with E-state index in [-0.39, 0.29) is 0 Å². The van der Waals surface area contributed by atoms with Gasteiger partial charge >= 0.3 is 0 Å². The van der Waals surface area contributed by atoms with Crippen LogP contribution in [0.5, 0.6) is 0 Å². The third-order valence-corrected chi connectivity index (χ3v) is 3.54. The van der Waals surface area contributed by atoms with E-state index >= 15 is 0 Å². The van der Waals surface area contributed by atoms with Crippen LogP contribution < -0.4 is 0 Å². The van der Waals surface area contributed by atoms with Crippen LogP contribution in [0, 0.1) is 6.92 Å². The summed E-state index contributed by atoms with van der Waals surface area (Å²) in [6.45, 7) is 2.06. The number of hydrogen-bond donors (Lipinski definition) is 0. The van der Waals surface area contributed by atoms with Gasteiger partial charge in [-0.1, -0.05) is 24.3 Å². The maximum Gasteiger partial charge on any atom is 0.159 e. The third-order valence-electron chi connectivity index (χ3n) is 2.58. The first-order valence-corrected chi connectivity index (χ1v) is 6.45. The van der Waals surface area contributed by atoms with Gasteiger partial charge < -0.3 is 0 Å². The van der Waals surface area contributed by atoms with Crippen molar-refractivity contribution in [3.63, 3.8) is 0 Å². The van der Waals surface area contributed by atoms with Gasteiger partial charge in [0.1, 0.15) is 5.01 Å². The lowest BCUT2D eigenvalue weighted by Gasteiger charge is -2.00. The van der Waals surface area contributed by atoms with Crippen LogP contribution >= 0.6 is 11.3 Å². The van der Waals surface area contributed by atoms with Crippen molar-refractivity contribution in [2.75, 3.05) is 0 Å². The number of aromatic nitrogens is 3. The molecule has 0 aliphatic heterocycles. The van der Waals surface area contributed by atoms with Crippen molar-refractivity contribution in [2.24, 2.45) is 0 Å². The normalized spacial score (nSPS) is 10.5. The molecular weight excluding hydrogens is 242 g/mol. The van der Waals surface area contributed by atoms with E-state index in [0.29, 0.717) is 0 Å². The molecule has 0 spiro atoms. The van der Waals surface area contributed by atoms with Crippen LogP contribution in [0.3, 0.4) is 0 Å². The highest BCUT2D eigenvalue weighted by Gasteiger charge is 2.04. The summed E-state index contributed by atoms with van der Waals surface area (Å²) in [6.07, 6.45) is 5.40. The molecule has 0 fully saturated rings. The molecule has 2 heterocycles. The first kappa shape index (κ1) is 11.0. The van der Waals surface area contributed by atoms with E-state index in [1.54, 1.807) is 23.7 Å². The second-order valence-electron chi connectivity index (χ2n) is 3.93. The lowest BCUT2D eigenvalue weighted by atomic mass is 10.1. The summed E-state index contributed by atoms with van der Waals surface area (Å²) in [6, 6.07) is 9.99. The topological polar surface area (TPSA) is 38.7 Å². The Kier molecular flexibility index (Phi) is 2.86. The van der Waals surface area contributed by atoms with Crippen LogP contribution in [0.4, 0.5) is 0 Å². The van der Waals surface area contributed by atoms with Crippen LogP contribution in [0.1, 0.15) is 4.88 Å². The lowest BCUT2D eigenvalue weighted by Crippen LogP contribution is -1.86. The number of hydrogen-bond acceptors (Lipinski definition) is 4. The molecule has 3 aromatic rings. The molecule has 0 saturated carbocycles. The van der Waals surface area contributed by atoms with Gasteiger partial charge in [0.25, 0.3) is 0 Å². The molecule has 4 heteroatoms. The van der Waals surface area contributed by atoms with Crippen molar-refractivity contribution in [2.45, 2.75) is 6.92 Å². The Bertz CT molecular complexity index is 644. The number of rotatable bonds is 2. The lowest BCUT2D eigenvalue weighted by molar-refractivity contribution is 1.18. The van der Waals surface area contributed by atoms with Crippen molar-refractivity contribution >= 4 is 11.3 Å². The highest BCUT2D eigenvalue weighted by Crippen LogP contribution is 2.26. The van der Waals surface area contributed by atoms with Gasteiger partial charge in [-0.05, 0) is 13.0 Å². The fourth-order valence-electron chi connectivity index (χ4n) is 1.70. The van der Waals surface area contributed by atoms with Gasteiger partial charge in [0.2, 0.25) is 0 Å². The molecule has 18 heavy (non-hydrogen) atoms. The van der Waals surface area contributed by atoms with Crippen molar-refractivity contribution < 1.29 is 0 Å². The summed E-state index contributed by atoms with van der Waals surface area (Å²) >= 11 is 1.70. The average Bonchev–Trinajstić information content (AvgIpc) is 2.87. The van der Waals surface area contributed by atoms with E-state index in [9.17, 15) is 0 Å². The number of benzene rings is 1. The van der Waals surface area contributed by atoms with E-state index in [1.165, 1.54) is 4.88 Å². The molecule has 0 saturated heterocycles. The van der Waals surface area contributed by atoms with Crippen molar-refractivity contribution in [1.29, 1.82) is 0 Å². The van der Waals surface area contributed by atoms with Crippen molar-refractivity contribution in [3.05, 3.63) is 53.8 Å². The molecule has 0 radical (unpaired) electrons. The largest absolute Gasteiger partial charge is 0.244 e. The predicted octanol–water partition coefficient (Wildman–Crippen LogP) is 3.58. The van der Waals surface area contributed by atoms with Crippen LogP contribution in [0.25, 0.3) is 22.0 Å². The Labute approximate surface area is 109 Å². The maximum absolute atomic E-state index is 4.38. The maximum atomic E-state index is 4.38. The summed E-state index contributed by atoms with van der Waals surface area (Å²) in [5.41, 5.74) is 2.15. The monoisotopic (exact) mass is 253 g/mol. The summed E-state index contributed by atoms with van der Waals surface area (Å²) in [5, 5.41) is 1.05. The molecule has 3 rings (SSSR count). The van der Waals surface area contributed by atoms with E-state index in [1.807, 2.05) is 24.4 Å². The summed E-state index contributed by atoms with van der Waals surface area (Å²) in [5.74, 6) is 0.749. The standard InChI is InChI=1S/C14H11N3S/c1-10-9-17-14(18-10)12-5-3-11(4-6-12)13-15-7-2-8-16-13/h2-9H,1H3. The molecule has 0 aliphatic rings. The van der Waals surface area contributed by atoms with Gasteiger partial charge in [0.05, 0.1) is 0 Å². The molecular formula is C14H11N3S. The van der Waals surface area contributed by atoms with Crippen LogP contribution in [0.15, 0.2) is 48.9 Å². The van der Waals surface area contributed by atoms with Gasteiger partial charge in [-0.25, -0.2) is 15.0 Å². The fourth-order valence-corrected chi connectivity index (χ4v) is 2.47. The smallest absolute Gasteiger partial charge is 0.159 e. The Balaban J connectivity index is 1.94. The molecule has 0 unspecified atom stereocenters. The second-order valence-corrected chi connectivity index (χ2v) is 5.16. The first-order chi connectivity index (χ1) is 8.83. The molecule has 1 aromatic carbocycles. The van der Waals surface area contributed by atoms with Gasteiger partial charge in [-0.2, -0.15) is 0 Å². The minimum atomic E-state index is 0.749. The zero-order chi connectivity index (χ0) is 12.4. The fraction of sp³-hybridized carbons (Fsp3) is 0.0714. The van der Waals surface area contributed by atoms with E-state index < -0.39 is 0 Å². The van der Waals surface area contributed by atoms with Crippen LogP contribution in [0.2, 0.25) is 0 Å². The second kappa shape index (κ2) is 4.66. The zero-order valence-electron chi connectivity index (χ0n) is 9.87. The zero-order valence-corrected chi connectivity index (χ0v) is 10.7. The van der Waals surface area contributed by atoms with Gasteiger partial charge in [0, 0.05) is 34.6 Å². The van der Waals surface area contributed by atoms with E-state index in [4.69, 9.17) is 0 Å². The Morgan fingerprint density at radius 1 is 0.889 bits per heavy atom. The molecule has 2 aromatic heterocycles. The average molecular weight is 253 g/mol. The highest BCUT2D eigenvalue weighted by molar-refractivity contribution is 7.14. The van der Waals surface area contributed by atoms with Crippen LogP contribution in [-0.2, 0) is 0 Å². The molecule has 0 aliphatic carbocycles. The minimum Gasteiger partial charge on any atom is -0.244 e. The highest BCUT2D eigenvalue weighted by atomic mass is 32.1. The quantitative estimate of drug-likeness (QED) is 0.700. The van der Waals surface area contributed by atoms with Crippen molar-refractivity contribution in [3.8, 4) is 22.0 Å². The summed E-state index contributed by atoms with van der Waals surface area (Å²) in [7, 11) is 0. The third kappa shape index (κ3) is 2.15. The van der Waals surface area contributed by atoms with E-state index in [2.05, 4.69) is 34.0 Å². The van der Waals surface area contributed by atoms with Crippen LogP contribution in [-0.4, -0.2) is 15.0 Å². The Hall–Kier alpha value is -2.07. The van der Waals surface area contributed by atoms with Gasteiger partial charge in [-0.3, -0.25) is 0 Å². The Morgan fingerprint density at radius 2 is 1.56 bits per heavy atom. The molecule has 0 N–H and O–H groups in total. The number of nitrogens with zero attached hydrogens (tertiary/aromatic N) is 3. The molecule has 0 bridgehead atoms. The predicted molar refractivity (Wildman–Crippen MR) is 73.3 cm³/mol. The SMILES string of the molecule is Cc1cnc(-c2ccc(-c3ncccn3)cc2)s1. The summed E-state index contributed by atoms with van der Waals surface area (Å²) < 4.78 is 0.